The summed E-state index contributed by atoms with van der Waals surface area (Å²) in [6, 6.07) is 35.2. The van der Waals surface area contributed by atoms with Gasteiger partial charge in [0.25, 0.3) is 0 Å². The van der Waals surface area contributed by atoms with E-state index in [0.29, 0.717) is 22.4 Å². The van der Waals surface area contributed by atoms with Crippen LogP contribution in [-0.4, -0.2) is 10.8 Å². The molecule has 5 rings (SSSR count). The summed E-state index contributed by atoms with van der Waals surface area (Å²) in [7, 11) is 0. The summed E-state index contributed by atoms with van der Waals surface area (Å²) in [5.74, 6) is -0.0336. The van der Waals surface area contributed by atoms with Crippen LogP contribution < -0.4 is 0 Å². The Balaban J connectivity index is 1.82. The van der Waals surface area contributed by atoms with Gasteiger partial charge in [0.2, 0.25) is 0 Å². The molecule has 0 fully saturated rings. The monoisotopic (exact) mass is 478 g/mol. The highest BCUT2D eigenvalue weighted by molar-refractivity contribution is 6.15. The topological polar surface area (TPSA) is 53.8 Å². The van der Waals surface area contributed by atoms with Gasteiger partial charge in [0.05, 0.1) is 17.0 Å². The smallest absolute Gasteiger partial charge is 0.193 e. The summed E-state index contributed by atoms with van der Waals surface area (Å²) in [4.78, 5) is 18.8. The second-order valence-electron chi connectivity index (χ2n) is 9.27. The Morgan fingerprint density at radius 1 is 0.730 bits per heavy atom. The maximum absolute atomic E-state index is 13.8. The van der Waals surface area contributed by atoms with Crippen molar-refractivity contribution in [2.24, 2.45) is 0 Å². The molecule has 0 aliphatic heterocycles. The first-order valence-electron chi connectivity index (χ1n) is 12.3. The number of rotatable bonds is 5. The van der Waals surface area contributed by atoms with Gasteiger partial charge in [0.1, 0.15) is 6.07 Å². The van der Waals surface area contributed by atoms with E-state index in [-0.39, 0.29) is 5.78 Å². The molecule has 0 N–H and O–H groups in total. The molecule has 0 bridgehead atoms. The van der Waals surface area contributed by atoms with Crippen molar-refractivity contribution in [2.75, 3.05) is 0 Å². The molecule has 0 spiro atoms. The van der Waals surface area contributed by atoms with Crippen LogP contribution in [-0.2, 0) is 0 Å². The van der Waals surface area contributed by atoms with Crippen LogP contribution in [0.3, 0.4) is 0 Å². The van der Waals surface area contributed by atoms with Gasteiger partial charge in [-0.2, -0.15) is 5.26 Å². The van der Waals surface area contributed by atoms with E-state index in [4.69, 9.17) is 4.98 Å². The Hall–Kier alpha value is -4.81. The molecule has 0 aliphatic rings. The normalized spacial score (nSPS) is 10.6. The Bertz CT molecular complexity index is 1640. The van der Waals surface area contributed by atoms with Gasteiger partial charge in [-0.05, 0) is 49.6 Å². The first-order valence-corrected chi connectivity index (χ1v) is 12.3. The number of hydrogen-bond donors (Lipinski definition) is 0. The third-order valence-electron chi connectivity index (χ3n) is 6.61. The first kappa shape index (κ1) is 23.9. The Kier molecular flexibility index (Phi) is 6.49. The molecule has 0 amide bonds. The molecule has 37 heavy (non-hydrogen) atoms. The van der Waals surface area contributed by atoms with Gasteiger partial charge in [0, 0.05) is 27.8 Å². The van der Waals surface area contributed by atoms with Gasteiger partial charge in [-0.15, -0.1) is 0 Å². The Morgan fingerprint density at radius 3 is 2.03 bits per heavy atom. The van der Waals surface area contributed by atoms with Gasteiger partial charge in [0.15, 0.2) is 5.78 Å². The predicted octanol–water partition coefficient (Wildman–Crippen LogP) is 8.11. The van der Waals surface area contributed by atoms with E-state index in [1.165, 1.54) is 5.56 Å². The van der Waals surface area contributed by atoms with E-state index in [1.807, 2.05) is 91.0 Å². The minimum Gasteiger partial charge on any atom is -0.289 e. The standard InChI is InChI=1S/C34H26N2O/c1-22-19-23(2)31(24(3)20-22)32-28(15-10-16-29(32)34(37)26-13-8-5-9-14-26)30-18-17-27(21-35)33(36-30)25-11-6-4-7-12-25/h4-20H,1-3H3. The summed E-state index contributed by atoms with van der Waals surface area (Å²) in [6.45, 7) is 6.26. The second kappa shape index (κ2) is 10.0. The number of nitriles is 1. The third kappa shape index (κ3) is 4.58. The molecule has 1 heterocycles. The van der Waals surface area contributed by atoms with Crippen molar-refractivity contribution >= 4 is 5.78 Å². The number of aryl methyl sites for hydroxylation is 3. The molecule has 1 aromatic heterocycles. The molecule has 4 aromatic carbocycles. The molecule has 5 aromatic rings. The lowest BCUT2D eigenvalue weighted by molar-refractivity contribution is 0.103. The first-order chi connectivity index (χ1) is 18.0. The van der Waals surface area contributed by atoms with Crippen LogP contribution in [0.2, 0.25) is 0 Å². The van der Waals surface area contributed by atoms with Crippen molar-refractivity contribution < 1.29 is 4.79 Å². The van der Waals surface area contributed by atoms with Gasteiger partial charge < -0.3 is 0 Å². The lowest BCUT2D eigenvalue weighted by Gasteiger charge is -2.20. The van der Waals surface area contributed by atoms with E-state index < -0.39 is 0 Å². The predicted molar refractivity (Wildman–Crippen MR) is 149 cm³/mol. The van der Waals surface area contributed by atoms with E-state index >= 15 is 0 Å². The van der Waals surface area contributed by atoms with E-state index in [2.05, 4.69) is 39.0 Å². The van der Waals surface area contributed by atoms with Gasteiger partial charge in [-0.3, -0.25) is 4.79 Å². The summed E-state index contributed by atoms with van der Waals surface area (Å²) in [5.41, 5.74) is 10.1. The molecule has 0 unspecified atom stereocenters. The van der Waals surface area contributed by atoms with Gasteiger partial charge in [-0.1, -0.05) is 96.6 Å². The van der Waals surface area contributed by atoms with Crippen molar-refractivity contribution in [1.29, 1.82) is 5.26 Å². The van der Waals surface area contributed by atoms with Crippen LogP contribution in [0.25, 0.3) is 33.6 Å². The fourth-order valence-corrected chi connectivity index (χ4v) is 5.06. The summed E-state index contributed by atoms with van der Waals surface area (Å²) < 4.78 is 0. The van der Waals surface area contributed by atoms with Crippen molar-refractivity contribution in [3.8, 4) is 39.7 Å². The molecule has 0 atom stereocenters. The lowest BCUT2D eigenvalue weighted by atomic mass is 9.84. The quantitative estimate of drug-likeness (QED) is 0.240. The van der Waals surface area contributed by atoms with Gasteiger partial charge in [-0.25, -0.2) is 4.98 Å². The summed E-state index contributed by atoms with van der Waals surface area (Å²) >= 11 is 0. The molecule has 178 valence electrons. The number of carbonyl (C=O) groups is 1. The molecule has 0 radical (unpaired) electrons. The second-order valence-corrected chi connectivity index (χ2v) is 9.27. The minimum absolute atomic E-state index is 0.0336. The molecule has 3 heteroatoms. The largest absolute Gasteiger partial charge is 0.289 e. The maximum Gasteiger partial charge on any atom is 0.193 e. The molecule has 0 aliphatic carbocycles. The SMILES string of the molecule is Cc1cc(C)c(-c2c(C(=O)c3ccccc3)cccc2-c2ccc(C#N)c(-c3ccccc3)n2)c(C)c1. The molecule has 0 saturated heterocycles. The van der Waals surface area contributed by atoms with Crippen molar-refractivity contribution in [1.82, 2.24) is 4.98 Å². The highest BCUT2D eigenvalue weighted by atomic mass is 16.1. The number of nitrogens with zero attached hydrogens (tertiary/aromatic N) is 2. The molecule has 0 saturated carbocycles. The minimum atomic E-state index is -0.0336. The van der Waals surface area contributed by atoms with Crippen LogP contribution in [0.15, 0.2) is 103 Å². The number of ketones is 1. The number of aromatic nitrogens is 1. The van der Waals surface area contributed by atoms with Crippen molar-refractivity contribution in [3.63, 3.8) is 0 Å². The maximum atomic E-state index is 13.8. The lowest BCUT2D eigenvalue weighted by Crippen LogP contribution is -2.07. The molecule has 3 nitrogen and oxygen atoms in total. The number of carbonyl (C=O) groups excluding carboxylic acids is 1. The Labute approximate surface area is 217 Å². The number of hydrogen-bond acceptors (Lipinski definition) is 3. The molecular weight excluding hydrogens is 452 g/mol. The van der Waals surface area contributed by atoms with Crippen LogP contribution >= 0.6 is 0 Å². The van der Waals surface area contributed by atoms with Gasteiger partial charge >= 0.3 is 0 Å². The van der Waals surface area contributed by atoms with Crippen molar-refractivity contribution in [2.45, 2.75) is 20.8 Å². The van der Waals surface area contributed by atoms with Crippen LogP contribution in [0.4, 0.5) is 0 Å². The summed E-state index contributed by atoms with van der Waals surface area (Å²) in [6.07, 6.45) is 0. The van der Waals surface area contributed by atoms with E-state index in [0.717, 1.165) is 39.1 Å². The van der Waals surface area contributed by atoms with Crippen LogP contribution in [0.5, 0.6) is 0 Å². The zero-order valence-electron chi connectivity index (χ0n) is 21.1. The van der Waals surface area contributed by atoms with E-state index in [9.17, 15) is 10.1 Å². The fourth-order valence-electron chi connectivity index (χ4n) is 5.06. The van der Waals surface area contributed by atoms with E-state index in [1.54, 1.807) is 0 Å². The zero-order chi connectivity index (χ0) is 25.9. The third-order valence-corrected chi connectivity index (χ3v) is 6.61. The van der Waals surface area contributed by atoms with Crippen LogP contribution in [0.1, 0.15) is 38.2 Å². The zero-order valence-corrected chi connectivity index (χ0v) is 21.1. The fraction of sp³-hybridized carbons (Fsp3) is 0.0882. The molecular formula is C34H26N2O. The van der Waals surface area contributed by atoms with Crippen molar-refractivity contribution in [3.05, 3.63) is 137 Å². The average molecular weight is 479 g/mol. The summed E-state index contributed by atoms with van der Waals surface area (Å²) in [5, 5.41) is 9.78. The highest BCUT2D eigenvalue weighted by Gasteiger charge is 2.22. The highest BCUT2D eigenvalue weighted by Crippen LogP contribution is 2.40. The number of benzene rings is 4. The number of pyridine rings is 1. The average Bonchev–Trinajstić information content (AvgIpc) is 2.93. The Morgan fingerprint density at radius 2 is 1.38 bits per heavy atom. The van der Waals surface area contributed by atoms with Crippen LogP contribution in [0, 0.1) is 32.1 Å².